The van der Waals surface area contributed by atoms with Crippen molar-refractivity contribution in [3.8, 4) is 0 Å². The molecule has 1 fully saturated rings. The summed E-state index contributed by atoms with van der Waals surface area (Å²) in [5, 5.41) is 10.6. The Balaban J connectivity index is 0.000000640. The van der Waals surface area contributed by atoms with E-state index in [1.54, 1.807) is 5.01 Å². The minimum atomic E-state index is -0.186. The number of hydrogen-bond donors (Lipinski definition) is 2. The number of hydrazine groups is 1. The molecule has 9 heavy (non-hydrogen) atoms. The second-order valence-corrected chi connectivity index (χ2v) is 2.29. The van der Waals surface area contributed by atoms with Crippen LogP contribution in [-0.2, 0) is 0 Å². The van der Waals surface area contributed by atoms with Gasteiger partial charge in [0.05, 0.1) is 6.10 Å². The van der Waals surface area contributed by atoms with Crippen LogP contribution in [0.15, 0.2) is 0 Å². The van der Waals surface area contributed by atoms with Crippen molar-refractivity contribution in [1.82, 2.24) is 5.01 Å². The summed E-state index contributed by atoms with van der Waals surface area (Å²) in [6.45, 7) is 1.57. The van der Waals surface area contributed by atoms with E-state index < -0.39 is 0 Å². The molecule has 1 rings (SSSR count). The van der Waals surface area contributed by atoms with Crippen LogP contribution in [0.5, 0.6) is 0 Å². The van der Waals surface area contributed by atoms with Crippen molar-refractivity contribution < 1.29 is 5.11 Å². The van der Waals surface area contributed by atoms with E-state index in [1.807, 2.05) is 0 Å². The molecule has 1 aliphatic heterocycles. The zero-order chi connectivity index (χ0) is 5.98. The van der Waals surface area contributed by atoms with Gasteiger partial charge in [0, 0.05) is 13.1 Å². The highest BCUT2D eigenvalue weighted by atomic mass is 35.5. The fraction of sp³-hybridized carbons (Fsp3) is 1.00. The number of rotatable bonds is 0. The molecule has 1 unspecified atom stereocenters. The Morgan fingerprint density at radius 2 is 2.22 bits per heavy atom. The number of aliphatic hydroxyl groups is 1. The van der Waals surface area contributed by atoms with Crippen LogP contribution in [0.2, 0.25) is 0 Å². The predicted octanol–water partition coefficient (Wildman–Crippen LogP) is -0.261. The number of β-amino-alcohol motifs (C(OH)–C–C–N with tert-alkyl or cyclic N) is 1. The molecule has 0 aromatic heterocycles. The third kappa shape index (κ3) is 3.01. The third-order valence-corrected chi connectivity index (χ3v) is 1.43. The lowest BCUT2D eigenvalue weighted by atomic mass is 10.1. The van der Waals surface area contributed by atoms with E-state index in [2.05, 4.69) is 0 Å². The highest BCUT2D eigenvalue weighted by Gasteiger charge is 2.13. The molecule has 0 aromatic carbocycles. The Labute approximate surface area is 61.2 Å². The Bertz CT molecular complexity index is 73.4. The highest BCUT2D eigenvalue weighted by molar-refractivity contribution is 5.85. The van der Waals surface area contributed by atoms with Gasteiger partial charge in [-0.05, 0) is 12.8 Å². The van der Waals surface area contributed by atoms with Crippen LogP contribution in [0.1, 0.15) is 12.8 Å². The fourth-order valence-corrected chi connectivity index (χ4v) is 0.983. The number of piperidine rings is 1. The summed E-state index contributed by atoms with van der Waals surface area (Å²) in [6, 6.07) is 0. The van der Waals surface area contributed by atoms with Crippen LogP contribution in [0.4, 0.5) is 0 Å². The lowest BCUT2D eigenvalue weighted by Gasteiger charge is -2.25. The molecular formula is C5H13ClN2O. The number of nitrogens with zero attached hydrogens (tertiary/aromatic N) is 1. The van der Waals surface area contributed by atoms with Crippen molar-refractivity contribution >= 4 is 12.4 Å². The van der Waals surface area contributed by atoms with Crippen LogP contribution in [-0.4, -0.2) is 29.3 Å². The fourth-order valence-electron chi connectivity index (χ4n) is 0.983. The third-order valence-electron chi connectivity index (χ3n) is 1.43. The van der Waals surface area contributed by atoms with Gasteiger partial charge in [0.25, 0.3) is 0 Å². The molecule has 0 aromatic rings. The average molecular weight is 153 g/mol. The normalized spacial score (nSPS) is 29.3. The Morgan fingerprint density at radius 3 is 2.56 bits per heavy atom. The molecule has 3 N–H and O–H groups in total. The summed E-state index contributed by atoms with van der Waals surface area (Å²) in [7, 11) is 0. The summed E-state index contributed by atoms with van der Waals surface area (Å²) < 4.78 is 0. The van der Waals surface area contributed by atoms with E-state index in [4.69, 9.17) is 10.9 Å². The summed E-state index contributed by atoms with van der Waals surface area (Å²) in [4.78, 5) is 0. The topological polar surface area (TPSA) is 49.5 Å². The molecule has 0 spiro atoms. The van der Waals surface area contributed by atoms with Crippen molar-refractivity contribution in [2.45, 2.75) is 18.9 Å². The van der Waals surface area contributed by atoms with E-state index in [0.717, 1.165) is 19.4 Å². The molecule has 4 heteroatoms. The zero-order valence-electron chi connectivity index (χ0n) is 5.29. The second kappa shape index (κ2) is 4.06. The van der Waals surface area contributed by atoms with E-state index in [1.165, 1.54) is 0 Å². The maximum Gasteiger partial charge on any atom is 0.0681 e. The summed E-state index contributed by atoms with van der Waals surface area (Å²) in [5.41, 5.74) is 0. The SMILES string of the molecule is Cl.NN1CCCC(O)C1. The zero-order valence-corrected chi connectivity index (χ0v) is 6.10. The molecule has 0 aliphatic carbocycles. The number of halogens is 1. The van der Waals surface area contributed by atoms with Gasteiger partial charge < -0.3 is 5.11 Å². The Morgan fingerprint density at radius 1 is 1.56 bits per heavy atom. The van der Waals surface area contributed by atoms with E-state index in [9.17, 15) is 0 Å². The summed E-state index contributed by atoms with van der Waals surface area (Å²) in [5.74, 6) is 5.40. The lowest BCUT2D eigenvalue weighted by molar-refractivity contribution is 0.0710. The van der Waals surface area contributed by atoms with Gasteiger partial charge in [0.1, 0.15) is 0 Å². The van der Waals surface area contributed by atoms with Crippen molar-refractivity contribution in [3.05, 3.63) is 0 Å². The minimum absolute atomic E-state index is 0. The van der Waals surface area contributed by atoms with Gasteiger partial charge in [-0.1, -0.05) is 0 Å². The maximum atomic E-state index is 8.96. The van der Waals surface area contributed by atoms with E-state index in [0.29, 0.717) is 6.54 Å². The molecule has 1 saturated heterocycles. The first-order valence-electron chi connectivity index (χ1n) is 2.97. The van der Waals surface area contributed by atoms with Crippen LogP contribution in [0.25, 0.3) is 0 Å². The van der Waals surface area contributed by atoms with Crippen LogP contribution < -0.4 is 5.84 Å². The van der Waals surface area contributed by atoms with Gasteiger partial charge in [0.15, 0.2) is 0 Å². The van der Waals surface area contributed by atoms with Gasteiger partial charge in [-0.2, -0.15) is 0 Å². The molecule has 0 radical (unpaired) electrons. The first-order chi connectivity index (χ1) is 3.79. The van der Waals surface area contributed by atoms with Crippen molar-refractivity contribution in [2.75, 3.05) is 13.1 Å². The standard InChI is InChI=1S/C5H12N2O.ClH/c6-7-3-1-2-5(8)4-7;/h5,8H,1-4,6H2;1H. The molecule has 56 valence electrons. The molecule has 3 nitrogen and oxygen atoms in total. The monoisotopic (exact) mass is 152 g/mol. The smallest absolute Gasteiger partial charge is 0.0681 e. The molecule has 1 aliphatic rings. The largest absolute Gasteiger partial charge is 0.392 e. The van der Waals surface area contributed by atoms with E-state index in [-0.39, 0.29) is 18.5 Å². The van der Waals surface area contributed by atoms with Crippen molar-refractivity contribution in [1.29, 1.82) is 0 Å². The van der Waals surface area contributed by atoms with E-state index >= 15 is 0 Å². The van der Waals surface area contributed by atoms with Crippen molar-refractivity contribution in [2.24, 2.45) is 5.84 Å². The quantitative estimate of drug-likeness (QED) is 0.471. The molecular weight excluding hydrogens is 140 g/mol. The Kier molecular flexibility index (Phi) is 4.14. The molecule has 0 bridgehead atoms. The first kappa shape index (κ1) is 9.17. The number of aliphatic hydroxyl groups excluding tert-OH is 1. The average Bonchev–Trinajstić information content (AvgIpc) is 1.64. The molecule has 0 amide bonds. The van der Waals surface area contributed by atoms with Crippen LogP contribution in [0.3, 0.4) is 0 Å². The van der Waals surface area contributed by atoms with Gasteiger partial charge >= 0.3 is 0 Å². The van der Waals surface area contributed by atoms with Gasteiger partial charge in [0.2, 0.25) is 0 Å². The van der Waals surface area contributed by atoms with Gasteiger partial charge in [-0.15, -0.1) is 12.4 Å². The molecule has 1 heterocycles. The summed E-state index contributed by atoms with van der Waals surface area (Å²) >= 11 is 0. The van der Waals surface area contributed by atoms with Crippen LogP contribution >= 0.6 is 12.4 Å². The van der Waals surface area contributed by atoms with Crippen LogP contribution in [0, 0.1) is 0 Å². The first-order valence-corrected chi connectivity index (χ1v) is 2.97. The molecule has 0 saturated carbocycles. The number of hydrogen-bond acceptors (Lipinski definition) is 3. The summed E-state index contributed by atoms with van der Waals surface area (Å²) in [6.07, 6.45) is 1.75. The van der Waals surface area contributed by atoms with Crippen molar-refractivity contribution in [3.63, 3.8) is 0 Å². The second-order valence-electron chi connectivity index (χ2n) is 2.29. The number of nitrogens with two attached hydrogens (primary N) is 1. The predicted molar refractivity (Wildman–Crippen MR) is 38.2 cm³/mol. The Hall–Kier alpha value is 0.170. The minimum Gasteiger partial charge on any atom is -0.392 e. The maximum absolute atomic E-state index is 8.96. The highest BCUT2D eigenvalue weighted by Crippen LogP contribution is 2.04. The van der Waals surface area contributed by atoms with Gasteiger partial charge in [-0.3, -0.25) is 5.84 Å². The lowest BCUT2D eigenvalue weighted by Crippen LogP contribution is -2.42. The van der Waals surface area contributed by atoms with Gasteiger partial charge in [-0.25, -0.2) is 5.01 Å². The molecule has 1 atom stereocenters.